The van der Waals surface area contributed by atoms with Crippen molar-refractivity contribution in [2.75, 3.05) is 6.54 Å². The molecule has 74 valence electrons. The van der Waals surface area contributed by atoms with Crippen molar-refractivity contribution in [2.24, 2.45) is 20.9 Å². The summed E-state index contributed by atoms with van der Waals surface area (Å²) in [5, 5.41) is 0. The molecule has 0 aromatic rings. The Morgan fingerprint density at radius 2 is 2.21 bits per heavy atom. The van der Waals surface area contributed by atoms with E-state index in [0.717, 1.165) is 6.54 Å². The average molecular weight is 193 g/mol. The van der Waals surface area contributed by atoms with E-state index in [2.05, 4.69) is 15.0 Å². The first kappa shape index (κ1) is 9.05. The molecule has 0 fully saturated rings. The van der Waals surface area contributed by atoms with Gasteiger partial charge in [0.05, 0.1) is 12.3 Å². The SMILES string of the molecule is CC(=O)OC1C=NC2C=NCC2C=N1. The summed E-state index contributed by atoms with van der Waals surface area (Å²) in [6, 6.07) is 0.0688. The Kier molecular flexibility index (Phi) is 2.39. The highest BCUT2D eigenvalue weighted by Gasteiger charge is 2.24. The first-order valence-electron chi connectivity index (χ1n) is 4.49. The molecule has 2 heterocycles. The molecule has 3 atom stereocenters. The summed E-state index contributed by atoms with van der Waals surface area (Å²) in [4.78, 5) is 23.2. The van der Waals surface area contributed by atoms with Gasteiger partial charge in [0, 0.05) is 31.8 Å². The normalized spacial score (nSPS) is 33.9. The van der Waals surface area contributed by atoms with Crippen LogP contribution >= 0.6 is 0 Å². The van der Waals surface area contributed by atoms with Crippen LogP contribution in [0.4, 0.5) is 0 Å². The van der Waals surface area contributed by atoms with Crippen molar-refractivity contribution in [1.29, 1.82) is 0 Å². The Hall–Kier alpha value is -1.52. The first-order chi connectivity index (χ1) is 6.75. The molecule has 2 aliphatic heterocycles. The van der Waals surface area contributed by atoms with Crippen molar-refractivity contribution in [2.45, 2.75) is 19.2 Å². The summed E-state index contributed by atoms with van der Waals surface area (Å²) in [6.07, 6.45) is 4.58. The van der Waals surface area contributed by atoms with E-state index in [4.69, 9.17) is 4.74 Å². The topological polar surface area (TPSA) is 63.4 Å². The standard InChI is InChI=1S/C9H11N3O2/c1-6(13)14-9-5-11-8-4-10-2-7(8)3-12-9/h3-5,7-9H,2H2,1H3. The monoisotopic (exact) mass is 193 g/mol. The molecule has 0 spiro atoms. The van der Waals surface area contributed by atoms with Gasteiger partial charge in [0.1, 0.15) is 0 Å². The number of aliphatic imine (C=N–C) groups is 3. The molecule has 2 aliphatic rings. The number of hydrogen-bond donors (Lipinski definition) is 0. The number of esters is 1. The predicted octanol–water partition coefficient (Wildman–Crippen LogP) is 0.1000. The van der Waals surface area contributed by atoms with Crippen LogP contribution in [0.1, 0.15) is 6.92 Å². The Morgan fingerprint density at radius 3 is 3.00 bits per heavy atom. The zero-order valence-corrected chi connectivity index (χ0v) is 7.83. The van der Waals surface area contributed by atoms with E-state index in [1.807, 2.05) is 6.21 Å². The molecule has 0 saturated carbocycles. The highest BCUT2D eigenvalue weighted by Crippen LogP contribution is 2.14. The van der Waals surface area contributed by atoms with Gasteiger partial charge in [-0.15, -0.1) is 0 Å². The summed E-state index contributed by atoms with van der Waals surface area (Å²) in [7, 11) is 0. The fraction of sp³-hybridized carbons (Fsp3) is 0.556. The van der Waals surface area contributed by atoms with Crippen LogP contribution in [-0.4, -0.2) is 43.4 Å². The maximum Gasteiger partial charge on any atom is 0.304 e. The second-order valence-electron chi connectivity index (χ2n) is 3.26. The van der Waals surface area contributed by atoms with E-state index in [1.54, 1.807) is 12.4 Å². The molecule has 0 aromatic carbocycles. The highest BCUT2D eigenvalue weighted by atomic mass is 16.6. The van der Waals surface area contributed by atoms with E-state index in [9.17, 15) is 4.79 Å². The van der Waals surface area contributed by atoms with Gasteiger partial charge in [-0.3, -0.25) is 14.8 Å². The third kappa shape index (κ3) is 1.86. The smallest absolute Gasteiger partial charge is 0.304 e. The Balaban J connectivity index is 2.07. The maximum atomic E-state index is 10.7. The second-order valence-corrected chi connectivity index (χ2v) is 3.26. The van der Waals surface area contributed by atoms with Gasteiger partial charge in [0.25, 0.3) is 0 Å². The highest BCUT2D eigenvalue weighted by molar-refractivity contribution is 5.83. The summed E-state index contributed by atoms with van der Waals surface area (Å²) in [6.45, 7) is 2.08. The lowest BCUT2D eigenvalue weighted by Crippen LogP contribution is -2.17. The molecule has 5 nitrogen and oxygen atoms in total. The zero-order valence-electron chi connectivity index (χ0n) is 7.83. The van der Waals surface area contributed by atoms with E-state index < -0.39 is 6.23 Å². The van der Waals surface area contributed by atoms with Crippen molar-refractivity contribution >= 4 is 24.6 Å². The number of nitrogens with zero attached hydrogens (tertiary/aromatic N) is 3. The molecule has 14 heavy (non-hydrogen) atoms. The molecule has 5 heteroatoms. The van der Waals surface area contributed by atoms with Gasteiger partial charge in [-0.1, -0.05) is 0 Å². The molecule has 0 radical (unpaired) electrons. The van der Waals surface area contributed by atoms with E-state index in [-0.39, 0.29) is 17.9 Å². The van der Waals surface area contributed by atoms with E-state index in [0.29, 0.717) is 0 Å². The van der Waals surface area contributed by atoms with Crippen molar-refractivity contribution < 1.29 is 9.53 Å². The third-order valence-electron chi connectivity index (χ3n) is 2.11. The Morgan fingerprint density at radius 1 is 1.36 bits per heavy atom. The van der Waals surface area contributed by atoms with Gasteiger partial charge in [-0.25, -0.2) is 4.99 Å². The summed E-state index contributed by atoms with van der Waals surface area (Å²) in [5.41, 5.74) is 0. The van der Waals surface area contributed by atoms with Crippen molar-refractivity contribution in [3.05, 3.63) is 0 Å². The van der Waals surface area contributed by atoms with Crippen LogP contribution in [0, 0.1) is 5.92 Å². The van der Waals surface area contributed by atoms with Crippen molar-refractivity contribution in [1.82, 2.24) is 0 Å². The third-order valence-corrected chi connectivity index (χ3v) is 2.11. The van der Waals surface area contributed by atoms with Crippen LogP contribution in [0.3, 0.4) is 0 Å². The molecule has 0 N–H and O–H groups in total. The first-order valence-corrected chi connectivity index (χ1v) is 4.49. The zero-order chi connectivity index (χ0) is 9.97. The average Bonchev–Trinajstić information content (AvgIpc) is 2.50. The maximum absolute atomic E-state index is 10.7. The molecule has 0 aliphatic carbocycles. The minimum atomic E-state index is -0.563. The number of carbonyl (C=O) groups is 1. The molecule has 0 saturated heterocycles. The number of ether oxygens (including phenoxy) is 1. The van der Waals surface area contributed by atoms with Crippen LogP contribution in [0.25, 0.3) is 0 Å². The second kappa shape index (κ2) is 3.69. The Labute approximate surface area is 81.6 Å². The minimum absolute atomic E-state index is 0.0688. The molecule has 0 amide bonds. The Bertz CT molecular complexity index is 322. The molecular weight excluding hydrogens is 182 g/mol. The molecular formula is C9H11N3O2. The van der Waals surface area contributed by atoms with Gasteiger partial charge in [-0.05, 0) is 0 Å². The van der Waals surface area contributed by atoms with Crippen LogP contribution in [-0.2, 0) is 9.53 Å². The van der Waals surface area contributed by atoms with Gasteiger partial charge < -0.3 is 4.74 Å². The van der Waals surface area contributed by atoms with Gasteiger partial charge >= 0.3 is 5.97 Å². The van der Waals surface area contributed by atoms with Gasteiger partial charge in [-0.2, -0.15) is 0 Å². The number of fused-ring (bicyclic) bond motifs is 1. The molecule has 0 aromatic heterocycles. The van der Waals surface area contributed by atoms with Crippen LogP contribution in [0.5, 0.6) is 0 Å². The van der Waals surface area contributed by atoms with Gasteiger partial charge in [0.2, 0.25) is 6.23 Å². The summed E-state index contributed by atoms with van der Waals surface area (Å²) in [5.74, 6) is -0.119. The molecule has 3 unspecified atom stereocenters. The fourth-order valence-corrected chi connectivity index (χ4v) is 1.43. The fourth-order valence-electron chi connectivity index (χ4n) is 1.43. The quantitative estimate of drug-likeness (QED) is 0.554. The van der Waals surface area contributed by atoms with Crippen LogP contribution in [0.2, 0.25) is 0 Å². The molecule has 0 bridgehead atoms. The molecule has 2 rings (SSSR count). The lowest BCUT2D eigenvalue weighted by Gasteiger charge is -2.04. The lowest BCUT2D eigenvalue weighted by atomic mass is 10.1. The number of carbonyl (C=O) groups excluding carboxylic acids is 1. The number of rotatable bonds is 1. The van der Waals surface area contributed by atoms with Crippen molar-refractivity contribution in [3.8, 4) is 0 Å². The largest absolute Gasteiger partial charge is 0.435 e. The van der Waals surface area contributed by atoms with Crippen molar-refractivity contribution in [3.63, 3.8) is 0 Å². The summed E-state index contributed by atoms with van der Waals surface area (Å²) < 4.78 is 4.91. The number of hydrogen-bond acceptors (Lipinski definition) is 5. The summed E-state index contributed by atoms with van der Waals surface area (Å²) >= 11 is 0. The van der Waals surface area contributed by atoms with Crippen LogP contribution in [0.15, 0.2) is 15.0 Å². The van der Waals surface area contributed by atoms with Crippen LogP contribution < -0.4 is 0 Å². The van der Waals surface area contributed by atoms with E-state index >= 15 is 0 Å². The van der Waals surface area contributed by atoms with Gasteiger partial charge in [0.15, 0.2) is 0 Å². The van der Waals surface area contributed by atoms with E-state index in [1.165, 1.54) is 6.92 Å². The lowest BCUT2D eigenvalue weighted by molar-refractivity contribution is -0.142. The predicted molar refractivity (Wildman–Crippen MR) is 53.2 cm³/mol. The minimum Gasteiger partial charge on any atom is -0.435 e.